The van der Waals surface area contributed by atoms with Crippen molar-refractivity contribution in [2.24, 2.45) is 11.5 Å². The number of benzene rings is 2. The number of rotatable bonds is 6. The number of anilines is 3. The van der Waals surface area contributed by atoms with E-state index >= 15 is 0 Å². The summed E-state index contributed by atoms with van der Waals surface area (Å²) >= 11 is 0. The third-order valence-corrected chi connectivity index (χ3v) is 4.59. The minimum absolute atomic E-state index is 0.113. The first-order chi connectivity index (χ1) is 14.8. The summed E-state index contributed by atoms with van der Waals surface area (Å²) < 4.78 is 5.37. The van der Waals surface area contributed by atoms with Crippen molar-refractivity contribution in [1.29, 1.82) is 5.41 Å². The zero-order chi connectivity index (χ0) is 22.5. The van der Waals surface area contributed by atoms with E-state index in [0.717, 1.165) is 0 Å². The van der Waals surface area contributed by atoms with Crippen LogP contribution < -0.4 is 27.0 Å². The van der Waals surface area contributed by atoms with Crippen molar-refractivity contribution in [2.75, 3.05) is 28.7 Å². The van der Waals surface area contributed by atoms with Crippen LogP contribution in [0.15, 0.2) is 48.5 Å². The number of primary amides is 1. The summed E-state index contributed by atoms with van der Waals surface area (Å²) in [7, 11) is 0. The lowest BCUT2D eigenvalue weighted by molar-refractivity contribution is -0.150. The van der Waals surface area contributed by atoms with Gasteiger partial charge in [-0.25, -0.2) is 4.79 Å². The van der Waals surface area contributed by atoms with Crippen molar-refractivity contribution in [2.45, 2.75) is 12.2 Å². The molecule has 0 aromatic heterocycles. The van der Waals surface area contributed by atoms with E-state index < -0.39 is 30.1 Å². The van der Waals surface area contributed by atoms with Crippen LogP contribution in [-0.4, -0.2) is 54.1 Å². The number of urea groups is 1. The predicted molar refractivity (Wildman–Crippen MR) is 114 cm³/mol. The number of aliphatic hydroxyl groups is 1. The second-order valence-corrected chi connectivity index (χ2v) is 6.74. The molecule has 4 amide bonds. The highest BCUT2D eigenvalue weighted by molar-refractivity contribution is 6.04. The van der Waals surface area contributed by atoms with Gasteiger partial charge in [0.05, 0.1) is 6.61 Å². The van der Waals surface area contributed by atoms with Crippen LogP contribution >= 0.6 is 0 Å². The summed E-state index contributed by atoms with van der Waals surface area (Å²) in [4.78, 5) is 37.6. The Labute approximate surface area is 177 Å². The van der Waals surface area contributed by atoms with Crippen LogP contribution in [0.5, 0.6) is 0 Å². The van der Waals surface area contributed by atoms with E-state index in [0.29, 0.717) is 22.6 Å². The highest BCUT2D eigenvalue weighted by Crippen LogP contribution is 2.23. The molecule has 0 aliphatic carbocycles. The number of nitrogens with two attached hydrogens (primary N) is 2. The monoisotopic (exact) mass is 426 g/mol. The molecule has 0 radical (unpaired) electrons. The Morgan fingerprint density at radius 3 is 2.23 bits per heavy atom. The molecule has 1 aliphatic heterocycles. The number of carbonyl (C=O) groups is 3. The Bertz CT molecular complexity index is 992. The van der Waals surface area contributed by atoms with Crippen molar-refractivity contribution in [3.63, 3.8) is 0 Å². The fourth-order valence-electron chi connectivity index (χ4n) is 3.04. The molecule has 3 rings (SSSR count). The first-order valence-electron chi connectivity index (χ1n) is 9.29. The van der Waals surface area contributed by atoms with Crippen LogP contribution in [0, 0.1) is 5.41 Å². The van der Waals surface area contributed by atoms with Gasteiger partial charge < -0.3 is 36.8 Å². The number of nitrogens with zero attached hydrogens (tertiary/aromatic N) is 1. The molecule has 11 heteroatoms. The van der Waals surface area contributed by atoms with Gasteiger partial charge in [-0.1, -0.05) is 0 Å². The number of ether oxygens (including phenoxy) is 1. The van der Waals surface area contributed by atoms with E-state index in [1.165, 1.54) is 17.0 Å². The van der Waals surface area contributed by atoms with Gasteiger partial charge in [-0.05, 0) is 48.5 Å². The smallest absolute Gasteiger partial charge is 0.316 e. The van der Waals surface area contributed by atoms with Crippen molar-refractivity contribution in [1.82, 2.24) is 0 Å². The summed E-state index contributed by atoms with van der Waals surface area (Å²) in [6.45, 7) is 0.355. The van der Waals surface area contributed by atoms with E-state index in [-0.39, 0.29) is 19.0 Å². The molecule has 31 heavy (non-hydrogen) atoms. The maximum absolute atomic E-state index is 12.8. The molecule has 0 saturated carbocycles. The maximum atomic E-state index is 12.8. The number of morpholine rings is 1. The number of amidine groups is 1. The fourth-order valence-corrected chi connectivity index (χ4v) is 3.04. The van der Waals surface area contributed by atoms with E-state index in [9.17, 15) is 19.5 Å². The Balaban J connectivity index is 1.67. The lowest BCUT2D eigenvalue weighted by Gasteiger charge is -2.34. The van der Waals surface area contributed by atoms with Crippen molar-refractivity contribution >= 4 is 40.7 Å². The number of hydrogen-bond donors (Lipinski definition) is 6. The van der Waals surface area contributed by atoms with E-state index in [4.69, 9.17) is 21.6 Å². The molecule has 2 atom stereocenters. The van der Waals surface area contributed by atoms with Gasteiger partial charge in [-0.2, -0.15) is 0 Å². The minimum Gasteiger partial charge on any atom is -0.384 e. The summed E-state index contributed by atoms with van der Waals surface area (Å²) in [6, 6.07) is 11.8. The average Bonchev–Trinajstić information content (AvgIpc) is 2.74. The first-order valence-corrected chi connectivity index (χ1v) is 9.29. The molecule has 1 saturated heterocycles. The minimum atomic E-state index is -1.74. The second kappa shape index (κ2) is 9.24. The first kappa shape index (κ1) is 21.7. The van der Waals surface area contributed by atoms with Crippen LogP contribution in [0.4, 0.5) is 21.9 Å². The summed E-state index contributed by atoms with van der Waals surface area (Å²) in [6.07, 6.45) is -3.12. The summed E-state index contributed by atoms with van der Waals surface area (Å²) in [5.74, 6) is -1.49. The Hall–Kier alpha value is -3.96. The maximum Gasteiger partial charge on any atom is 0.316 e. The summed E-state index contributed by atoms with van der Waals surface area (Å²) in [5, 5.41) is 22.7. The molecule has 0 spiro atoms. The number of aliphatic hydroxyl groups excluding tert-OH is 1. The van der Waals surface area contributed by atoms with Gasteiger partial charge in [0.1, 0.15) is 5.84 Å². The van der Waals surface area contributed by atoms with E-state index in [2.05, 4.69) is 10.6 Å². The van der Waals surface area contributed by atoms with Crippen LogP contribution in [0.1, 0.15) is 5.56 Å². The molecule has 1 aliphatic rings. The topological polar surface area (TPSA) is 184 Å². The van der Waals surface area contributed by atoms with Gasteiger partial charge in [0.25, 0.3) is 11.8 Å². The van der Waals surface area contributed by atoms with Gasteiger partial charge in [0, 0.05) is 29.2 Å². The largest absolute Gasteiger partial charge is 0.384 e. The normalized spacial score (nSPS) is 17.0. The zero-order valence-electron chi connectivity index (χ0n) is 16.4. The molecule has 11 nitrogen and oxygen atoms in total. The third kappa shape index (κ3) is 5.15. The van der Waals surface area contributed by atoms with Crippen LogP contribution in [0.25, 0.3) is 0 Å². The molecule has 8 N–H and O–H groups in total. The number of nitrogen functional groups attached to an aromatic ring is 1. The van der Waals surface area contributed by atoms with Crippen LogP contribution in [0.2, 0.25) is 0 Å². The number of carbonyl (C=O) groups excluding carboxylic acids is 3. The molecule has 2 aromatic rings. The number of nitrogens with one attached hydrogen (secondary N) is 3. The van der Waals surface area contributed by atoms with Gasteiger partial charge >= 0.3 is 6.03 Å². The van der Waals surface area contributed by atoms with Crippen molar-refractivity contribution in [3.05, 3.63) is 54.1 Å². The predicted octanol–water partition coefficient (Wildman–Crippen LogP) is 0.193. The van der Waals surface area contributed by atoms with E-state index in [1.54, 1.807) is 36.4 Å². The SMILES string of the molecule is N=C(N)c1ccc(NC(=O)[C@H](O)C2OCCN(c3ccc(NC(N)=O)cc3)C2=O)cc1. The number of hydrogen-bond acceptors (Lipinski definition) is 6. The third-order valence-electron chi connectivity index (χ3n) is 4.59. The summed E-state index contributed by atoms with van der Waals surface area (Å²) in [5.41, 5.74) is 12.3. The van der Waals surface area contributed by atoms with Gasteiger partial charge in [-0.15, -0.1) is 0 Å². The van der Waals surface area contributed by atoms with Gasteiger partial charge in [-0.3, -0.25) is 15.0 Å². The van der Waals surface area contributed by atoms with E-state index in [1.807, 2.05) is 0 Å². The average molecular weight is 426 g/mol. The molecule has 2 aromatic carbocycles. The molecule has 0 bridgehead atoms. The molecular weight excluding hydrogens is 404 g/mol. The Morgan fingerprint density at radius 1 is 1.06 bits per heavy atom. The zero-order valence-corrected chi connectivity index (χ0v) is 16.4. The van der Waals surface area contributed by atoms with Crippen LogP contribution in [-0.2, 0) is 14.3 Å². The molecule has 1 fully saturated rings. The van der Waals surface area contributed by atoms with Crippen LogP contribution in [0.3, 0.4) is 0 Å². The molecule has 162 valence electrons. The fraction of sp³-hybridized carbons (Fsp3) is 0.200. The van der Waals surface area contributed by atoms with Gasteiger partial charge in [0.2, 0.25) is 0 Å². The lowest BCUT2D eigenvalue weighted by atomic mass is 10.1. The van der Waals surface area contributed by atoms with Crippen molar-refractivity contribution < 1.29 is 24.2 Å². The standard InChI is InChI=1S/C20H22N6O5/c21-17(22)11-1-3-12(4-2-11)24-18(28)15(27)16-19(29)26(9-10-31-16)14-7-5-13(6-8-14)25-20(23)30/h1-8,15-16,27H,9-10H2,(H3,21,22)(H,24,28)(H3,23,25,30)/t15-,16?/m1/s1. The second-order valence-electron chi connectivity index (χ2n) is 6.74. The van der Waals surface area contributed by atoms with Gasteiger partial charge in [0.15, 0.2) is 12.2 Å². The van der Waals surface area contributed by atoms with Crippen molar-refractivity contribution in [3.8, 4) is 0 Å². The number of amides is 4. The lowest BCUT2D eigenvalue weighted by Crippen LogP contribution is -2.55. The molecule has 1 heterocycles. The molecular formula is C20H22N6O5. The molecule has 1 unspecified atom stereocenters. The quantitative estimate of drug-likeness (QED) is 0.283. The highest BCUT2D eigenvalue weighted by atomic mass is 16.5. The highest BCUT2D eigenvalue weighted by Gasteiger charge is 2.39. The Morgan fingerprint density at radius 2 is 1.65 bits per heavy atom. The Kier molecular flexibility index (Phi) is 6.48.